The quantitative estimate of drug-likeness (QED) is 0.575. The van der Waals surface area contributed by atoms with Gasteiger partial charge in [-0.05, 0) is 12.1 Å². The molecule has 6 nitrogen and oxygen atoms in total. The normalized spacial score (nSPS) is 11.4. The zero-order valence-corrected chi connectivity index (χ0v) is 10.4. The predicted molar refractivity (Wildman–Crippen MR) is 68.0 cm³/mol. The van der Waals surface area contributed by atoms with Crippen LogP contribution >= 0.6 is 0 Å². The number of pyridine rings is 1. The van der Waals surface area contributed by atoms with Gasteiger partial charge < -0.3 is 15.2 Å². The SMILES string of the molecule is C=CCOC(=O)c1cccc(COC[C@H](N)C#N)n1. The summed E-state index contributed by atoms with van der Waals surface area (Å²) in [6.07, 6.45) is 1.48. The van der Waals surface area contributed by atoms with Crippen LogP contribution in [0.4, 0.5) is 0 Å². The lowest BCUT2D eigenvalue weighted by Crippen LogP contribution is -2.23. The summed E-state index contributed by atoms with van der Waals surface area (Å²) in [6.45, 7) is 3.88. The molecule has 1 atom stereocenters. The molecule has 0 fully saturated rings. The van der Waals surface area contributed by atoms with Crippen molar-refractivity contribution in [2.75, 3.05) is 13.2 Å². The third-order valence-corrected chi connectivity index (χ3v) is 2.06. The minimum atomic E-state index is -0.666. The van der Waals surface area contributed by atoms with Crippen LogP contribution in [-0.4, -0.2) is 30.2 Å². The number of nitriles is 1. The lowest BCUT2D eigenvalue weighted by atomic mass is 10.3. The number of hydrogen-bond donors (Lipinski definition) is 1. The molecule has 19 heavy (non-hydrogen) atoms. The van der Waals surface area contributed by atoms with Crippen LogP contribution in [0.2, 0.25) is 0 Å². The molecule has 0 radical (unpaired) electrons. The number of carbonyl (C=O) groups is 1. The summed E-state index contributed by atoms with van der Waals surface area (Å²) in [6, 6.07) is 6.13. The Morgan fingerprint density at radius 2 is 2.42 bits per heavy atom. The molecular formula is C13H15N3O3. The Morgan fingerprint density at radius 3 is 3.11 bits per heavy atom. The predicted octanol–water partition coefficient (Wildman–Crippen LogP) is 0.792. The highest BCUT2D eigenvalue weighted by molar-refractivity contribution is 5.87. The Hall–Kier alpha value is -2.23. The average molecular weight is 261 g/mol. The summed E-state index contributed by atoms with van der Waals surface area (Å²) in [5.41, 5.74) is 6.15. The van der Waals surface area contributed by atoms with E-state index >= 15 is 0 Å². The van der Waals surface area contributed by atoms with Gasteiger partial charge in [-0.2, -0.15) is 5.26 Å². The van der Waals surface area contributed by atoms with E-state index in [2.05, 4.69) is 11.6 Å². The van der Waals surface area contributed by atoms with Gasteiger partial charge in [0.1, 0.15) is 18.3 Å². The molecule has 0 aliphatic heterocycles. The molecule has 0 aromatic carbocycles. The van der Waals surface area contributed by atoms with Crippen molar-refractivity contribution in [1.82, 2.24) is 4.98 Å². The molecule has 0 saturated heterocycles. The largest absolute Gasteiger partial charge is 0.457 e. The van der Waals surface area contributed by atoms with Crippen molar-refractivity contribution in [2.45, 2.75) is 12.6 Å². The second kappa shape index (κ2) is 7.97. The van der Waals surface area contributed by atoms with Gasteiger partial charge in [0, 0.05) is 0 Å². The van der Waals surface area contributed by atoms with Crippen LogP contribution in [0.25, 0.3) is 0 Å². The van der Waals surface area contributed by atoms with Gasteiger partial charge in [0.05, 0.1) is 25.0 Å². The van der Waals surface area contributed by atoms with Crippen molar-refractivity contribution >= 4 is 5.97 Å². The molecule has 1 rings (SSSR count). The van der Waals surface area contributed by atoms with Crippen molar-refractivity contribution in [3.8, 4) is 6.07 Å². The molecule has 0 bridgehead atoms. The minimum absolute atomic E-state index is 0.114. The fourth-order valence-corrected chi connectivity index (χ4v) is 1.21. The zero-order valence-electron chi connectivity index (χ0n) is 10.4. The first kappa shape index (κ1) is 14.8. The van der Waals surface area contributed by atoms with E-state index in [1.807, 2.05) is 6.07 Å². The molecule has 1 heterocycles. The summed E-state index contributed by atoms with van der Waals surface area (Å²) in [5.74, 6) is -0.518. The molecule has 100 valence electrons. The van der Waals surface area contributed by atoms with Crippen molar-refractivity contribution in [2.24, 2.45) is 5.73 Å². The molecular weight excluding hydrogens is 246 g/mol. The second-order valence-corrected chi connectivity index (χ2v) is 3.65. The van der Waals surface area contributed by atoms with Gasteiger partial charge in [0.25, 0.3) is 0 Å². The van der Waals surface area contributed by atoms with Gasteiger partial charge in [-0.25, -0.2) is 9.78 Å². The Morgan fingerprint density at radius 1 is 1.63 bits per heavy atom. The molecule has 0 aliphatic rings. The van der Waals surface area contributed by atoms with Crippen LogP contribution in [0.15, 0.2) is 30.9 Å². The Bertz CT molecular complexity index is 482. The summed E-state index contributed by atoms with van der Waals surface area (Å²) >= 11 is 0. The number of rotatable bonds is 7. The molecule has 0 unspecified atom stereocenters. The van der Waals surface area contributed by atoms with E-state index in [0.29, 0.717) is 5.69 Å². The Balaban J connectivity index is 2.54. The van der Waals surface area contributed by atoms with Gasteiger partial charge in [0.2, 0.25) is 0 Å². The molecule has 1 aromatic heterocycles. The number of esters is 1. The highest BCUT2D eigenvalue weighted by atomic mass is 16.5. The molecule has 2 N–H and O–H groups in total. The Kier molecular flexibility index (Phi) is 6.22. The summed E-state index contributed by atoms with van der Waals surface area (Å²) in [5, 5.41) is 8.49. The van der Waals surface area contributed by atoms with Crippen LogP contribution in [0.1, 0.15) is 16.2 Å². The monoisotopic (exact) mass is 261 g/mol. The van der Waals surface area contributed by atoms with Crippen LogP contribution < -0.4 is 5.73 Å². The maximum atomic E-state index is 11.5. The number of aromatic nitrogens is 1. The van der Waals surface area contributed by atoms with Crippen molar-refractivity contribution in [3.05, 3.63) is 42.2 Å². The number of carbonyl (C=O) groups excluding carboxylic acids is 1. The maximum Gasteiger partial charge on any atom is 0.357 e. The van der Waals surface area contributed by atoms with Crippen molar-refractivity contribution in [1.29, 1.82) is 5.26 Å². The van der Waals surface area contributed by atoms with Gasteiger partial charge in [-0.3, -0.25) is 0 Å². The van der Waals surface area contributed by atoms with Gasteiger partial charge in [-0.1, -0.05) is 18.7 Å². The summed E-state index contributed by atoms with van der Waals surface area (Å²) in [7, 11) is 0. The highest BCUT2D eigenvalue weighted by Crippen LogP contribution is 2.03. The number of nitrogens with two attached hydrogens (primary N) is 1. The topological polar surface area (TPSA) is 98.2 Å². The number of hydrogen-bond acceptors (Lipinski definition) is 6. The van der Waals surface area contributed by atoms with Crippen molar-refractivity contribution in [3.63, 3.8) is 0 Å². The molecule has 6 heteroatoms. The first-order chi connectivity index (χ1) is 9.17. The fraction of sp³-hybridized carbons (Fsp3) is 0.308. The van der Waals surface area contributed by atoms with Gasteiger partial charge >= 0.3 is 5.97 Å². The zero-order chi connectivity index (χ0) is 14.1. The molecule has 0 amide bonds. The summed E-state index contributed by atoms with van der Waals surface area (Å²) in [4.78, 5) is 15.6. The number of nitrogens with zero attached hydrogens (tertiary/aromatic N) is 2. The third-order valence-electron chi connectivity index (χ3n) is 2.06. The van der Waals surface area contributed by atoms with Crippen LogP contribution in [-0.2, 0) is 16.1 Å². The third kappa shape index (κ3) is 5.29. The van der Waals surface area contributed by atoms with E-state index in [1.54, 1.807) is 18.2 Å². The van der Waals surface area contributed by atoms with Gasteiger partial charge in [-0.15, -0.1) is 0 Å². The smallest absolute Gasteiger partial charge is 0.357 e. The van der Waals surface area contributed by atoms with E-state index in [-0.39, 0.29) is 25.5 Å². The fourth-order valence-electron chi connectivity index (χ4n) is 1.21. The first-order valence-electron chi connectivity index (χ1n) is 5.64. The highest BCUT2D eigenvalue weighted by Gasteiger charge is 2.09. The summed E-state index contributed by atoms with van der Waals surface area (Å²) < 4.78 is 10.1. The average Bonchev–Trinajstić information content (AvgIpc) is 2.44. The Labute approximate surface area is 111 Å². The van der Waals surface area contributed by atoms with E-state index in [9.17, 15) is 4.79 Å². The van der Waals surface area contributed by atoms with Crippen LogP contribution in [0, 0.1) is 11.3 Å². The van der Waals surface area contributed by atoms with E-state index in [0.717, 1.165) is 0 Å². The van der Waals surface area contributed by atoms with E-state index in [1.165, 1.54) is 6.08 Å². The first-order valence-corrected chi connectivity index (χ1v) is 5.64. The lowest BCUT2D eigenvalue weighted by molar-refractivity contribution is 0.0541. The molecule has 0 aliphatic carbocycles. The van der Waals surface area contributed by atoms with Gasteiger partial charge in [0.15, 0.2) is 0 Å². The maximum absolute atomic E-state index is 11.5. The van der Waals surface area contributed by atoms with Crippen LogP contribution in [0.5, 0.6) is 0 Å². The molecule has 1 aromatic rings. The van der Waals surface area contributed by atoms with E-state index in [4.69, 9.17) is 20.5 Å². The molecule has 0 saturated carbocycles. The van der Waals surface area contributed by atoms with Crippen molar-refractivity contribution < 1.29 is 14.3 Å². The second-order valence-electron chi connectivity index (χ2n) is 3.65. The minimum Gasteiger partial charge on any atom is -0.457 e. The lowest BCUT2D eigenvalue weighted by Gasteiger charge is -2.06. The molecule has 0 spiro atoms. The standard InChI is InChI=1S/C13H15N3O3/c1-2-6-19-13(17)12-5-3-4-11(16-12)9-18-8-10(15)7-14/h2-5,10H,1,6,8-9,15H2/t10-/m1/s1. The number of ether oxygens (including phenoxy) is 2. The van der Waals surface area contributed by atoms with E-state index < -0.39 is 12.0 Å². The van der Waals surface area contributed by atoms with Crippen LogP contribution in [0.3, 0.4) is 0 Å².